The van der Waals surface area contributed by atoms with Gasteiger partial charge in [0.05, 0.1) is 0 Å². The van der Waals surface area contributed by atoms with Crippen molar-refractivity contribution in [3.8, 4) is 0 Å². The normalized spacial score (nSPS) is 10.8. The highest BCUT2D eigenvalue weighted by molar-refractivity contribution is 7.99. The zero-order valence-corrected chi connectivity index (χ0v) is 11.2. The van der Waals surface area contributed by atoms with Crippen molar-refractivity contribution in [2.75, 3.05) is 25.6 Å². The zero-order chi connectivity index (χ0) is 13.1. The monoisotopic (exact) mass is 265 g/mol. The lowest BCUT2D eigenvalue weighted by Crippen LogP contribution is -2.21. The second-order valence-corrected chi connectivity index (χ2v) is 5.14. The maximum atomic E-state index is 11.4. The Balaban J connectivity index is 1.98. The third kappa shape index (κ3) is 2.95. The minimum absolute atomic E-state index is 0.0999. The Bertz CT molecular complexity index is 565. The fraction of sp³-hybridized carbons (Fsp3) is 0.333. The number of thioether (sulfide) groups is 1. The molecule has 0 bridgehead atoms. The topological polar surface area (TPSA) is 72.4 Å². The quantitative estimate of drug-likeness (QED) is 0.676. The van der Waals surface area contributed by atoms with Crippen molar-refractivity contribution >= 4 is 34.5 Å². The highest BCUT2D eigenvalue weighted by Gasteiger charge is 2.08. The van der Waals surface area contributed by atoms with Crippen LogP contribution in [-0.2, 0) is 4.79 Å². The number of hydrogen-bond donors (Lipinski definition) is 1. The molecule has 0 saturated heterocycles. The van der Waals surface area contributed by atoms with E-state index in [1.54, 1.807) is 37.2 Å². The van der Waals surface area contributed by atoms with E-state index >= 15 is 0 Å². The van der Waals surface area contributed by atoms with Crippen LogP contribution in [0.3, 0.4) is 0 Å². The van der Waals surface area contributed by atoms with Crippen LogP contribution in [0.1, 0.15) is 6.42 Å². The minimum Gasteiger partial charge on any atom is -0.431 e. The first-order valence-electron chi connectivity index (χ1n) is 5.55. The Labute approximate surface area is 109 Å². The molecule has 2 N–H and O–H groups in total. The van der Waals surface area contributed by atoms with E-state index in [1.807, 2.05) is 0 Å². The van der Waals surface area contributed by atoms with Gasteiger partial charge in [-0.05, 0) is 18.2 Å². The van der Waals surface area contributed by atoms with Crippen molar-refractivity contribution in [3.63, 3.8) is 0 Å². The van der Waals surface area contributed by atoms with Gasteiger partial charge in [-0.1, -0.05) is 11.8 Å². The largest absolute Gasteiger partial charge is 0.431 e. The van der Waals surface area contributed by atoms with Crippen LogP contribution < -0.4 is 5.73 Å². The molecule has 2 rings (SSSR count). The summed E-state index contributed by atoms with van der Waals surface area (Å²) in [6, 6.07) is 5.35. The van der Waals surface area contributed by atoms with Crippen LogP contribution in [0.2, 0.25) is 0 Å². The number of nitrogen functional groups attached to an aromatic ring is 1. The van der Waals surface area contributed by atoms with Crippen LogP contribution in [-0.4, -0.2) is 35.6 Å². The molecule has 0 radical (unpaired) electrons. The highest BCUT2D eigenvalue weighted by Crippen LogP contribution is 2.25. The van der Waals surface area contributed by atoms with Crippen molar-refractivity contribution in [1.29, 1.82) is 0 Å². The number of anilines is 1. The zero-order valence-electron chi connectivity index (χ0n) is 10.3. The van der Waals surface area contributed by atoms with Crippen LogP contribution in [0.15, 0.2) is 27.8 Å². The smallest absolute Gasteiger partial charge is 0.256 e. The summed E-state index contributed by atoms with van der Waals surface area (Å²) in [6.07, 6.45) is 0.471. The van der Waals surface area contributed by atoms with Crippen LogP contribution in [0.5, 0.6) is 0 Å². The van der Waals surface area contributed by atoms with Gasteiger partial charge in [0.1, 0.15) is 5.52 Å². The molecule has 0 aliphatic rings. The lowest BCUT2D eigenvalue weighted by Gasteiger charge is -2.08. The molecule has 6 heteroatoms. The number of oxazole rings is 1. The Hall–Kier alpha value is -1.69. The van der Waals surface area contributed by atoms with Crippen LogP contribution in [0.25, 0.3) is 11.1 Å². The first-order chi connectivity index (χ1) is 8.56. The molecular formula is C12H15N3O2S. The minimum atomic E-state index is 0.0999. The van der Waals surface area contributed by atoms with Gasteiger partial charge in [-0.25, -0.2) is 4.98 Å². The summed E-state index contributed by atoms with van der Waals surface area (Å²) in [4.78, 5) is 17.3. The van der Waals surface area contributed by atoms with Crippen LogP contribution in [0.4, 0.5) is 5.69 Å². The predicted octanol–water partition coefficient (Wildman–Crippen LogP) is 1.98. The van der Waals surface area contributed by atoms with E-state index in [1.165, 1.54) is 11.8 Å². The maximum absolute atomic E-state index is 11.4. The summed E-state index contributed by atoms with van der Waals surface area (Å²) in [5.41, 5.74) is 7.79. The highest BCUT2D eigenvalue weighted by atomic mass is 32.2. The van der Waals surface area contributed by atoms with E-state index in [0.717, 1.165) is 5.52 Å². The van der Waals surface area contributed by atoms with Gasteiger partial charge in [-0.15, -0.1) is 0 Å². The second kappa shape index (κ2) is 5.30. The molecule has 1 heterocycles. The fourth-order valence-electron chi connectivity index (χ4n) is 1.43. The summed E-state index contributed by atoms with van der Waals surface area (Å²) in [5, 5.41) is 0.571. The molecule has 0 fully saturated rings. The number of nitrogens with two attached hydrogens (primary N) is 1. The Kier molecular flexibility index (Phi) is 3.76. The number of nitrogens with zero attached hydrogens (tertiary/aromatic N) is 2. The Morgan fingerprint density at radius 2 is 2.28 bits per heavy atom. The molecule has 2 aromatic rings. The fourth-order valence-corrected chi connectivity index (χ4v) is 2.20. The first kappa shape index (κ1) is 12.8. The van der Waals surface area contributed by atoms with E-state index < -0.39 is 0 Å². The first-order valence-corrected chi connectivity index (χ1v) is 6.54. The lowest BCUT2D eigenvalue weighted by atomic mass is 10.3. The molecule has 1 amide bonds. The number of rotatable bonds is 4. The van der Waals surface area contributed by atoms with E-state index in [9.17, 15) is 4.79 Å². The van der Waals surface area contributed by atoms with Crippen molar-refractivity contribution < 1.29 is 9.21 Å². The Morgan fingerprint density at radius 3 is 3.00 bits per heavy atom. The standard InChI is InChI=1S/C12H15N3O2S/c1-15(2)11(16)5-6-18-12-14-9-7-8(13)3-4-10(9)17-12/h3-4,7H,5-6,13H2,1-2H3. The van der Waals surface area contributed by atoms with Gasteiger partial charge in [0.2, 0.25) is 5.91 Å². The number of amides is 1. The molecule has 0 saturated carbocycles. The van der Waals surface area contributed by atoms with Crippen molar-refractivity contribution in [1.82, 2.24) is 9.88 Å². The predicted molar refractivity (Wildman–Crippen MR) is 72.5 cm³/mol. The molecule has 96 valence electrons. The summed E-state index contributed by atoms with van der Waals surface area (Å²) < 4.78 is 5.54. The summed E-state index contributed by atoms with van der Waals surface area (Å²) in [5.74, 6) is 0.752. The molecule has 0 atom stereocenters. The molecule has 18 heavy (non-hydrogen) atoms. The van der Waals surface area contributed by atoms with Gasteiger partial charge in [0.15, 0.2) is 5.58 Å². The third-order valence-electron chi connectivity index (χ3n) is 2.43. The summed E-state index contributed by atoms with van der Waals surface area (Å²) in [7, 11) is 3.49. The molecule has 1 aromatic carbocycles. The molecule has 0 spiro atoms. The van der Waals surface area contributed by atoms with Crippen LogP contribution >= 0.6 is 11.8 Å². The molecular weight excluding hydrogens is 250 g/mol. The van der Waals surface area contributed by atoms with Crippen LogP contribution in [0, 0.1) is 0 Å². The van der Waals surface area contributed by atoms with Gasteiger partial charge < -0.3 is 15.1 Å². The van der Waals surface area contributed by atoms with Gasteiger partial charge >= 0.3 is 0 Å². The number of hydrogen-bond acceptors (Lipinski definition) is 5. The molecule has 0 aliphatic heterocycles. The lowest BCUT2D eigenvalue weighted by molar-refractivity contribution is -0.128. The molecule has 5 nitrogen and oxygen atoms in total. The molecule has 0 aliphatic carbocycles. The molecule has 0 unspecified atom stereocenters. The van der Waals surface area contributed by atoms with E-state index in [2.05, 4.69) is 4.98 Å². The average molecular weight is 265 g/mol. The number of carbonyl (C=O) groups excluding carboxylic acids is 1. The van der Waals surface area contributed by atoms with Gasteiger partial charge in [0, 0.05) is 32.0 Å². The Morgan fingerprint density at radius 1 is 1.50 bits per heavy atom. The van der Waals surface area contributed by atoms with Crippen molar-refractivity contribution in [3.05, 3.63) is 18.2 Å². The van der Waals surface area contributed by atoms with E-state index in [-0.39, 0.29) is 5.91 Å². The average Bonchev–Trinajstić information content (AvgIpc) is 2.70. The van der Waals surface area contributed by atoms with E-state index in [4.69, 9.17) is 10.2 Å². The number of aromatic nitrogens is 1. The number of benzene rings is 1. The van der Waals surface area contributed by atoms with Crippen molar-refractivity contribution in [2.45, 2.75) is 11.6 Å². The SMILES string of the molecule is CN(C)C(=O)CCSc1nc2cc(N)ccc2o1. The third-order valence-corrected chi connectivity index (χ3v) is 3.26. The van der Waals surface area contributed by atoms with E-state index in [0.29, 0.717) is 28.7 Å². The number of fused-ring (bicyclic) bond motifs is 1. The summed E-state index contributed by atoms with van der Waals surface area (Å²) in [6.45, 7) is 0. The van der Waals surface area contributed by atoms with Crippen molar-refractivity contribution in [2.24, 2.45) is 0 Å². The molecule has 1 aromatic heterocycles. The van der Waals surface area contributed by atoms with Gasteiger partial charge in [0.25, 0.3) is 5.22 Å². The number of carbonyl (C=O) groups is 1. The summed E-state index contributed by atoms with van der Waals surface area (Å²) >= 11 is 1.43. The maximum Gasteiger partial charge on any atom is 0.256 e. The van der Waals surface area contributed by atoms with Gasteiger partial charge in [-0.3, -0.25) is 4.79 Å². The van der Waals surface area contributed by atoms with Gasteiger partial charge in [-0.2, -0.15) is 0 Å². The second-order valence-electron chi connectivity index (χ2n) is 4.09.